The average molecular weight is 344 g/mol. The second-order valence-corrected chi connectivity index (χ2v) is 7.83. The van der Waals surface area contributed by atoms with Gasteiger partial charge in [0, 0.05) is 14.8 Å². The van der Waals surface area contributed by atoms with Crippen molar-refractivity contribution in [2.45, 2.75) is 31.0 Å². The van der Waals surface area contributed by atoms with Gasteiger partial charge in [0.1, 0.15) is 0 Å². The van der Waals surface area contributed by atoms with Gasteiger partial charge in [-0.3, -0.25) is 0 Å². The summed E-state index contributed by atoms with van der Waals surface area (Å²) in [7, 11) is 0. The Bertz CT molecular complexity index is 522. The predicted molar refractivity (Wildman–Crippen MR) is 85.2 cm³/mol. The molecule has 2 rings (SSSR count). The summed E-state index contributed by atoms with van der Waals surface area (Å²) < 4.78 is 0. The molecule has 0 aliphatic heterocycles. The van der Waals surface area contributed by atoms with Crippen LogP contribution in [0.2, 0.25) is 5.02 Å². The molecule has 0 spiro atoms. The molecular weight excluding hydrogens is 328 g/mol. The molecule has 0 bridgehead atoms. The van der Waals surface area contributed by atoms with Crippen LogP contribution in [0.3, 0.4) is 0 Å². The number of rotatable bonds is 2. The lowest BCUT2D eigenvalue weighted by Gasteiger charge is -2.15. The van der Waals surface area contributed by atoms with Gasteiger partial charge < -0.3 is 0 Å². The lowest BCUT2D eigenvalue weighted by molar-refractivity contribution is 0.604. The normalized spacial score (nSPS) is 13.6. The monoisotopic (exact) mass is 342 g/mol. The Hall–Kier alpha value is -0.310. The number of alkyl halides is 1. The van der Waals surface area contributed by atoms with Crippen LogP contribution in [-0.4, -0.2) is 0 Å². The largest absolute Gasteiger partial charge is 0.143 e. The summed E-state index contributed by atoms with van der Waals surface area (Å²) in [5.41, 5.74) is 1.46. The fourth-order valence-electron chi connectivity index (χ4n) is 1.69. The molecule has 0 aliphatic rings. The van der Waals surface area contributed by atoms with E-state index in [0.717, 1.165) is 5.02 Å². The van der Waals surface area contributed by atoms with E-state index < -0.39 is 0 Å². The third-order valence-corrected chi connectivity index (χ3v) is 5.93. The molecule has 1 atom stereocenters. The van der Waals surface area contributed by atoms with Crippen molar-refractivity contribution < 1.29 is 0 Å². The number of hydrogen-bond donors (Lipinski definition) is 0. The fraction of sp³-hybridized carbons (Fsp3) is 0.333. The highest BCUT2D eigenvalue weighted by atomic mass is 79.9. The first-order chi connectivity index (χ1) is 8.38. The molecule has 2 aromatic rings. The molecule has 0 aliphatic carbocycles. The van der Waals surface area contributed by atoms with Crippen LogP contribution >= 0.6 is 38.9 Å². The minimum Gasteiger partial charge on any atom is -0.143 e. The van der Waals surface area contributed by atoms with Crippen molar-refractivity contribution in [1.82, 2.24) is 0 Å². The highest BCUT2D eigenvalue weighted by Crippen LogP contribution is 2.38. The van der Waals surface area contributed by atoms with E-state index in [1.807, 2.05) is 23.5 Å². The molecule has 1 aromatic heterocycles. The van der Waals surface area contributed by atoms with E-state index in [1.54, 1.807) is 0 Å². The summed E-state index contributed by atoms with van der Waals surface area (Å²) in [5.74, 6) is 0. The van der Waals surface area contributed by atoms with Crippen LogP contribution in [0.5, 0.6) is 0 Å². The quantitative estimate of drug-likeness (QED) is 0.571. The Balaban J connectivity index is 2.26. The van der Waals surface area contributed by atoms with Crippen LogP contribution in [0.1, 0.15) is 40.9 Å². The summed E-state index contributed by atoms with van der Waals surface area (Å²) in [6.45, 7) is 6.73. The van der Waals surface area contributed by atoms with Gasteiger partial charge in [-0.25, -0.2) is 0 Å². The predicted octanol–water partition coefficient (Wildman–Crippen LogP) is 6.18. The van der Waals surface area contributed by atoms with Gasteiger partial charge in [-0.15, -0.1) is 11.3 Å². The van der Waals surface area contributed by atoms with E-state index in [2.05, 4.69) is 61.0 Å². The van der Waals surface area contributed by atoms with Crippen LogP contribution < -0.4 is 0 Å². The van der Waals surface area contributed by atoms with Gasteiger partial charge in [0.25, 0.3) is 0 Å². The molecule has 1 unspecified atom stereocenters. The first-order valence-electron chi connectivity index (χ1n) is 5.87. The molecule has 0 nitrogen and oxygen atoms in total. The molecule has 0 amide bonds. The average Bonchev–Trinajstić information content (AvgIpc) is 2.78. The van der Waals surface area contributed by atoms with Gasteiger partial charge in [-0.05, 0) is 35.2 Å². The van der Waals surface area contributed by atoms with Crippen LogP contribution in [0.4, 0.5) is 0 Å². The third-order valence-electron chi connectivity index (χ3n) is 2.78. The minimum atomic E-state index is 0.218. The van der Waals surface area contributed by atoms with Crippen molar-refractivity contribution in [2.75, 3.05) is 0 Å². The van der Waals surface area contributed by atoms with Crippen molar-refractivity contribution in [3.8, 4) is 0 Å². The van der Waals surface area contributed by atoms with Gasteiger partial charge in [0.05, 0.1) is 4.83 Å². The summed E-state index contributed by atoms with van der Waals surface area (Å²) >= 11 is 11.5. The Morgan fingerprint density at radius 2 is 1.67 bits per heavy atom. The molecule has 0 saturated heterocycles. The van der Waals surface area contributed by atoms with E-state index in [-0.39, 0.29) is 10.2 Å². The number of thiophene rings is 1. The zero-order valence-electron chi connectivity index (χ0n) is 10.7. The maximum atomic E-state index is 5.91. The van der Waals surface area contributed by atoms with Gasteiger partial charge in [-0.2, -0.15) is 0 Å². The van der Waals surface area contributed by atoms with Crippen molar-refractivity contribution in [3.05, 3.63) is 56.7 Å². The van der Waals surface area contributed by atoms with E-state index in [1.165, 1.54) is 15.3 Å². The van der Waals surface area contributed by atoms with E-state index in [0.29, 0.717) is 0 Å². The van der Waals surface area contributed by atoms with Gasteiger partial charge in [0.15, 0.2) is 0 Å². The third kappa shape index (κ3) is 3.17. The molecule has 3 heteroatoms. The molecule has 0 radical (unpaired) electrons. The lowest BCUT2D eigenvalue weighted by atomic mass is 9.95. The highest BCUT2D eigenvalue weighted by Gasteiger charge is 2.19. The second kappa shape index (κ2) is 5.36. The molecular formula is C15H16BrClS. The summed E-state index contributed by atoms with van der Waals surface area (Å²) in [6, 6.07) is 12.4. The van der Waals surface area contributed by atoms with E-state index in [4.69, 9.17) is 11.6 Å². The zero-order chi connectivity index (χ0) is 13.3. The topological polar surface area (TPSA) is 0 Å². The standard InChI is InChI=1S/C15H16BrClS/c1-15(2,3)13-9-8-12(18-13)14(16)10-4-6-11(17)7-5-10/h4-9,14H,1-3H3. The van der Waals surface area contributed by atoms with Crippen LogP contribution in [0, 0.1) is 0 Å². The van der Waals surface area contributed by atoms with Crippen LogP contribution in [-0.2, 0) is 5.41 Å². The molecule has 1 heterocycles. The fourth-order valence-corrected chi connectivity index (χ4v) is 3.62. The molecule has 18 heavy (non-hydrogen) atoms. The summed E-state index contributed by atoms with van der Waals surface area (Å²) in [5, 5.41) is 0.778. The first kappa shape index (κ1) is 14.1. The number of hydrogen-bond acceptors (Lipinski definition) is 1. The zero-order valence-corrected chi connectivity index (χ0v) is 13.9. The SMILES string of the molecule is CC(C)(C)c1ccc(C(Br)c2ccc(Cl)cc2)s1. The maximum Gasteiger partial charge on any atom is 0.0738 e. The summed E-state index contributed by atoms with van der Waals surface area (Å²) in [6.07, 6.45) is 0. The summed E-state index contributed by atoms with van der Waals surface area (Å²) in [4.78, 5) is 2.99. The molecule has 0 N–H and O–H groups in total. The van der Waals surface area contributed by atoms with Crippen LogP contribution in [0.25, 0.3) is 0 Å². The molecule has 1 aromatic carbocycles. The number of benzene rings is 1. The van der Waals surface area contributed by atoms with Crippen LogP contribution in [0.15, 0.2) is 36.4 Å². The number of halogens is 2. The minimum absolute atomic E-state index is 0.218. The molecule has 0 fully saturated rings. The second-order valence-electron chi connectivity index (χ2n) is 5.37. The molecule has 96 valence electrons. The van der Waals surface area contributed by atoms with Gasteiger partial charge in [0.2, 0.25) is 0 Å². The van der Waals surface area contributed by atoms with Gasteiger partial charge >= 0.3 is 0 Å². The Morgan fingerprint density at radius 3 is 2.17 bits per heavy atom. The van der Waals surface area contributed by atoms with Gasteiger partial charge in [-0.1, -0.05) is 60.4 Å². The smallest absolute Gasteiger partial charge is 0.0738 e. The Labute approximate surface area is 126 Å². The van der Waals surface area contributed by atoms with Crippen molar-refractivity contribution in [3.63, 3.8) is 0 Å². The van der Waals surface area contributed by atoms with Crippen molar-refractivity contribution >= 4 is 38.9 Å². The Kier molecular flexibility index (Phi) is 4.20. The van der Waals surface area contributed by atoms with E-state index in [9.17, 15) is 0 Å². The van der Waals surface area contributed by atoms with Crippen molar-refractivity contribution in [2.24, 2.45) is 0 Å². The first-order valence-corrected chi connectivity index (χ1v) is 7.98. The molecule has 0 saturated carbocycles. The lowest BCUT2D eigenvalue weighted by Crippen LogP contribution is -2.07. The van der Waals surface area contributed by atoms with Crippen molar-refractivity contribution in [1.29, 1.82) is 0 Å². The Morgan fingerprint density at radius 1 is 1.06 bits per heavy atom. The maximum absolute atomic E-state index is 5.91. The highest BCUT2D eigenvalue weighted by molar-refractivity contribution is 9.09. The van der Waals surface area contributed by atoms with E-state index >= 15 is 0 Å².